The molecule has 0 spiro atoms. The second-order valence-electron chi connectivity index (χ2n) is 12.6. The molecule has 1 aliphatic rings. The maximum Gasteiger partial charge on any atom is 0.328 e. The first-order valence-corrected chi connectivity index (χ1v) is 16.9. The summed E-state index contributed by atoms with van der Waals surface area (Å²) in [5.74, 6) is 1.94. The van der Waals surface area contributed by atoms with Crippen molar-refractivity contribution in [2.75, 3.05) is 20.4 Å². The predicted octanol–water partition coefficient (Wildman–Crippen LogP) is 7.14. The minimum absolute atomic E-state index is 0.104. The van der Waals surface area contributed by atoms with Gasteiger partial charge in [0.15, 0.2) is 18.2 Å². The van der Waals surface area contributed by atoms with Crippen molar-refractivity contribution >= 4 is 18.8 Å². The van der Waals surface area contributed by atoms with Gasteiger partial charge in [0.25, 0.3) is 0 Å². The maximum absolute atomic E-state index is 14.2. The third-order valence-corrected chi connectivity index (χ3v) is 11.7. The lowest BCUT2D eigenvalue weighted by Gasteiger charge is -2.47. The average Bonchev–Trinajstić information content (AvgIpc) is 3.50. The highest BCUT2D eigenvalue weighted by Crippen LogP contribution is 2.57. The highest BCUT2D eigenvalue weighted by atomic mass is 31.2. The van der Waals surface area contributed by atoms with Crippen LogP contribution in [0.1, 0.15) is 92.8 Å². The summed E-state index contributed by atoms with van der Waals surface area (Å²) < 4.78 is 35.2. The van der Waals surface area contributed by atoms with Crippen LogP contribution in [-0.2, 0) is 18.3 Å². The summed E-state index contributed by atoms with van der Waals surface area (Å²) in [6, 6.07) is 0.146. The first-order valence-electron chi connectivity index (χ1n) is 14.9. The van der Waals surface area contributed by atoms with Gasteiger partial charge in [0.05, 0.1) is 30.0 Å². The molecule has 1 saturated carbocycles. The second-order valence-corrected chi connectivity index (χ2v) is 14.5. The first-order chi connectivity index (χ1) is 18.3. The Morgan fingerprint density at radius 3 is 2.38 bits per heavy atom. The van der Waals surface area contributed by atoms with E-state index in [1.54, 1.807) is 20.1 Å². The van der Waals surface area contributed by atoms with Crippen molar-refractivity contribution in [3.8, 4) is 0 Å². The number of hydrogen-bond acceptors (Lipinski definition) is 6. The smallest absolute Gasteiger partial charge is 0.328 e. The summed E-state index contributed by atoms with van der Waals surface area (Å²) in [6.07, 6.45) is 7.05. The van der Waals surface area contributed by atoms with Crippen LogP contribution in [-0.4, -0.2) is 47.0 Å². The minimum atomic E-state index is -3.42. The van der Waals surface area contributed by atoms with Gasteiger partial charge in [0.1, 0.15) is 0 Å². The Labute approximate surface area is 236 Å². The van der Waals surface area contributed by atoms with Crippen molar-refractivity contribution in [2.24, 2.45) is 35.5 Å². The molecule has 0 aliphatic heterocycles. The molecular formula is C30H54N4O4P+. The van der Waals surface area contributed by atoms with Gasteiger partial charge >= 0.3 is 13.2 Å². The van der Waals surface area contributed by atoms with Crippen molar-refractivity contribution in [1.82, 2.24) is 15.0 Å². The highest BCUT2D eigenvalue weighted by Gasteiger charge is 2.49. The van der Waals surface area contributed by atoms with E-state index in [9.17, 15) is 4.57 Å². The number of methoxy groups -OCH3 is 1. The Balaban J connectivity index is 1.87. The van der Waals surface area contributed by atoms with Gasteiger partial charge in [-0.3, -0.25) is 9.55 Å². The van der Waals surface area contributed by atoms with E-state index in [4.69, 9.17) is 13.8 Å². The van der Waals surface area contributed by atoms with Crippen molar-refractivity contribution in [1.29, 1.82) is 0 Å². The van der Waals surface area contributed by atoms with Gasteiger partial charge in [-0.25, -0.2) is 9.55 Å². The summed E-state index contributed by atoms with van der Waals surface area (Å²) in [6.45, 7) is 22.2. The number of ether oxygens (including phenoxy) is 1. The molecule has 10 unspecified atom stereocenters. The molecule has 0 bridgehead atoms. The van der Waals surface area contributed by atoms with Crippen LogP contribution in [0.2, 0.25) is 0 Å². The lowest BCUT2D eigenvalue weighted by atomic mass is 9.67. The standard InChI is InChI=1S/C30H53N4O4P/c1-12-19(3)21(5)23(7)30(9,22(6)20(4)13-2)38-39(11,35)37-27-15-26(14-25(27)16-36-10)34-18-33-28-24(8)31-17-32-29(28)34/h17-23,25-27H,12-16H2,1-11H3/p+1. The number of aryl methyl sites for hydroxylation is 1. The molecule has 1 N–H and O–H groups in total. The number of aromatic nitrogens is 4. The van der Waals surface area contributed by atoms with Crippen LogP contribution in [0.3, 0.4) is 0 Å². The fourth-order valence-corrected chi connectivity index (χ4v) is 8.45. The number of aromatic amines is 1. The van der Waals surface area contributed by atoms with Gasteiger partial charge in [0.2, 0.25) is 0 Å². The molecule has 1 fully saturated rings. The van der Waals surface area contributed by atoms with E-state index in [1.165, 1.54) is 0 Å². The summed E-state index contributed by atoms with van der Waals surface area (Å²) in [4.78, 5) is 12.2. The molecule has 39 heavy (non-hydrogen) atoms. The Kier molecular flexibility index (Phi) is 10.8. The maximum atomic E-state index is 14.2. The summed E-state index contributed by atoms with van der Waals surface area (Å²) in [5.41, 5.74) is 2.15. The van der Waals surface area contributed by atoms with Crippen LogP contribution < -0.4 is 4.57 Å². The molecule has 0 radical (unpaired) electrons. The number of imidazole rings is 1. The van der Waals surface area contributed by atoms with Crippen molar-refractivity contribution in [2.45, 2.75) is 106 Å². The topological polar surface area (TPSA) is 90.2 Å². The third kappa shape index (κ3) is 6.94. The van der Waals surface area contributed by atoms with E-state index in [2.05, 4.69) is 74.9 Å². The van der Waals surface area contributed by atoms with Crippen LogP contribution in [0.4, 0.5) is 0 Å². The average molecular weight is 566 g/mol. The zero-order chi connectivity index (χ0) is 29.1. The number of fused-ring (bicyclic) bond motifs is 1. The molecule has 2 aromatic rings. The molecule has 2 aromatic heterocycles. The highest BCUT2D eigenvalue weighted by molar-refractivity contribution is 7.53. The number of nitrogens with one attached hydrogen (secondary N) is 1. The van der Waals surface area contributed by atoms with Gasteiger partial charge in [-0.1, -0.05) is 66.3 Å². The third-order valence-electron chi connectivity index (χ3n) is 10.3. The Hall–Kier alpha value is -1.34. The van der Waals surface area contributed by atoms with Gasteiger partial charge in [-0.05, 0) is 49.9 Å². The van der Waals surface area contributed by atoms with Crippen LogP contribution in [0.25, 0.3) is 11.2 Å². The van der Waals surface area contributed by atoms with E-state index in [1.807, 2.05) is 13.3 Å². The molecule has 9 heteroatoms. The van der Waals surface area contributed by atoms with E-state index >= 15 is 0 Å². The molecule has 0 aromatic carbocycles. The molecule has 10 atom stereocenters. The van der Waals surface area contributed by atoms with Crippen LogP contribution >= 0.6 is 7.60 Å². The minimum Gasteiger partial charge on any atom is -0.384 e. The van der Waals surface area contributed by atoms with E-state index in [0.717, 1.165) is 36.1 Å². The quantitative estimate of drug-likeness (QED) is 0.193. The fraction of sp³-hybridized carbons (Fsp3) is 0.833. The number of rotatable bonds is 14. The normalized spacial score (nSPS) is 27.0. The van der Waals surface area contributed by atoms with Crippen LogP contribution in [0.5, 0.6) is 0 Å². The van der Waals surface area contributed by atoms with Crippen LogP contribution in [0.15, 0.2) is 12.7 Å². The van der Waals surface area contributed by atoms with Gasteiger partial charge in [-0.15, -0.1) is 0 Å². The Morgan fingerprint density at radius 1 is 1.10 bits per heavy atom. The van der Waals surface area contributed by atoms with Gasteiger partial charge in [0, 0.05) is 26.1 Å². The molecule has 0 saturated heterocycles. The lowest BCUT2D eigenvalue weighted by molar-refractivity contribution is -0.699. The summed E-state index contributed by atoms with van der Waals surface area (Å²) in [5, 5.41) is 0. The molecule has 1 aliphatic carbocycles. The zero-order valence-electron chi connectivity index (χ0n) is 26.2. The number of H-pyrrole nitrogens is 1. The summed E-state index contributed by atoms with van der Waals surface area (Å²) >= 11 is 0. The fourth-order valence-electron chi connectivity index (χ4n) is 6.61. The molecule has 8 nitrogen and oxygen atoms in total. The Morgan fingerprint density at radius 2 is 1.77 bits per heavy atom. The number of nitrogens with zero attached hydrogens (tertiary/aromatic N) is 3. The van der Waals surface area contributed by atoms with Gasteiger partial charge in [-0.2, -0.15) is 0 Å². The molecule has 2 heterocycles. The predicted molar refractivity (Wildman–Crippen MR) is 157 cm³/mol. The van der Waals surface area contributed by atoms with Crippen molar-refractivity contribution in [3.05, 3.63) is 18.3 Å². The van der Waals surface area contributed by atoms with Crippen molar-refractivity contribution in [3.63, 3.8) is 0 Å². The lowest BCUT2D eigenvalue weighted by Crippen LogP contribution is -2.48. The molecule has 3 rings (SSSR count). The molecule has 222 valence electrons. The first kappa shape index (κ1) is 32.2. The monoisotopic (exact) mass is 565 g/mol. The number of hydrogen-bond donors (Lipinski definition) is 1. The molecule has 0 amide bonds. The summed E-state index contributed by atoms with van der Waals surface area (Å²) in [7, 11) is -1.71. The largest absolute Gasteiger partial charge is 0.384 e. The van der Waals surface area contributed by atoms with E-state index < -0.39 is 13.2 Å². The van der Waals surface area contributed by atoms with Crippen molar-refractivity contribution < 1.29 is 22.9 Å². The van der Waals surface area contributed by atoms with E-state index in [-0.39, 0.29) is 29.9 Å². The molecular weight excluding hydrogens is 511 g/mol. The van der Waals surface area contributed by atoms with Gasteiger partial charge < -0.3 is 13.8 Å². The second kappa shape index (κ2) is 13.1. The van der Waals surface area contributed by atoms with E-state index in [0.29, 0.717) is 30.8 Å². The Bertz CT molecular complexity index is 1130. The SMILES string of the molecule is CCC(C)C(C)C(C)C(C)(OP(C)(=O)OC1CC([n+]2c[nH]c3c(C)ncnc32)CC1COC)C(C)C(C)CC. The van der Waals surface area contributed by atoms with Crippen LogP contribution in [0, 0.1) is 42.4 Å². The zero-order valence-corrected chi connectivity index (χ0v) is 27.1.